The number of hydrazone groups is 1. The van der Waals surface area contributed by atoms with Crippen LogP contribution in [0.1, 0.15) is 30.6 Å². The van der Waals surface area contributed by atoms with Gasteiger partial charge in [-0.1, -0.05) is 6.92 Å². The summed E-state index contributed by atoms with van der Waals surface area (Å²) in [6, 6.07) is 6.09. The topological polar surface area (TPSA) is 151 Å². The minimum absolute atomic E-state index is 0.145. The van der Waals surface area contributed by atoms with Crippen molar-refractivity contribution in [1.29, 1.82) is 0 Å². The number of aliphatic hydroxyl groups is 4. The average molecular weight is 353 g/mol. The van der Waals surface area contributed by atoms with Crippen molar-refractivity contribution in [2.24, 2.45) is 5.10 Å². The van der Waals surface area contributed by atoms with Crippen LogP contribution >= 0.6 is 0 Å². The number of carbonyl (C=O) groups excluding carboxylic acids is 2. The second-order valence-corrected chi connectivity index (χ2v) is 5.41. The fourth-order valence-electron chi connectivity index (χ4n) is 1.77. The van der Waals surface area contributed by atoms with Gasteiger partial charge >= 0.3 is 0 Å². The Labute approximate surface area is 145 Å². The SMILES string of the molecule is CCC(=O)Nc1ccc(C(=O)N/N=C\[C@@H](O)[C@@H](O)[C@H](O)[C@@H](C)O)cc1. The molecule has 0 heterocycles. The molecule has 6 N–H and O–H groups in total. The first-order valence-corrected chi connectivity index (χ1v) is 7.72. The van der Waals surface area contributed by atoms with E-state index < -0.39 is 30.3 Å². The van der Waals surface area contributed by atoms with Crippen LogP contribution in [0, 0.1) is 0 Å². The van der Waals surface area contributed by atoms with Crippen LogP contribution in [0.5, 0.6) is 0 Å². The standard InChI is InChI=1S/C16H23N3O6/c1-3-13(22)18-11-6-4-10(5-7-11)16(25)19-17-8-12(21)15(24)14(23)9(2)20/h4-9,12,14-15,20-21,23-24H,3H2,1-2H3,(H,18,22)(H,19,25)/b17-8-/t9-,12-,14-,15-/m1/s1. The van der Waals surface area contributed by atoms with E-state index >= 15 is 0 Å². The van der Waals surface area contributed by atoms with Gasteiger partial charge in [-0.15, -0.1) is 0 Å². The molecule has 0 radical (unpaired) electrons. The van der Waals surface area contributed by atoms with Crippen LogP contribution in [0.3, 0.4) is 0 Å². The van der Waals surface area contributed by atoms with E-state index in [9.17, 15) is 24.9 Å². The van der Waals surface area contributed by atoms with E-state index in [1.807, 2.05) is 0 Å². The molecule has 2 amide bonds. The molecule has 9 nitrogen and oxygen atoms in total. The summed E-state index contributed by atoms with van der Waals surface area (Å²) in [5.41, 5.74) is 2.97. The highest BCUT2D eigenvalue weighted by atomic mass is 16.4. The summed E-state index contributed by atoms with van der Waals surface area (Å²) < 4.78 is 0. The largest absolute Gasteiger partial charge is 0.391 e. The number of hydrogen-bond acceptors (Lipinski definition) is 7. The van der Waals surface area contributed by atoms with Gasteiger partial charge in [0.25, 0.3) is 5.91 Å². The molecule has 138 valence electrons. The summed E-state index contributed by atoms with van der Waals surface area (Å²) in [4.78, 5) is 23.1. The maximum absolute atomic E-state index is 11.9. The fraction of sp³-hybridized carbons (Fsp3) is 0.438. The van der Waals surface area contributed by atoms with Gasteiger partial charge in [-0.05, 0) is 31.2 Å². The van der Waals surface area contributed by atoms with E-state index in [-0.39, 0.29) is 11.5 Å². The van der Waals surface area contributed by atoms with Crippen molar-refractivity contribution in [2.75, 3.05) is 5.32 Å². The van der Waals surface area contributed by atoms with Crippen molar-refractivity contribution in [3.05, 3.63) is 29.8 Å². The number of carbonyl (C=O) groups is 2. The molecule has 1 rings (SSSR count). The number of anilines is 1. The summed E-state index contributed by atoms with van der Waals surface area (Å²) in [7, 11) is 0. The fourth-order valence-corrected chi connectivity index (χ4v) is 1.77. The highest BCUT2D eigenvalue weighted by Crippen LogP contribution is 2.10. The summed E-state index contributed by atoms with van der Waals surface area (Å²) in [6.45, 7) is 2.98. The molecule has 0 saturated carbocycles. The summed E-state index contributed by atoms with van der Waals surface area (Å²) in [5.74, 6) is -0.712. The van der Waals surface area contributed by atoms with Gasteiger partial charge in [0.1, 0.15) is 18.3 Å². The maximum Gasteiger partial charge on any atom is 0.271 e. The molecule has 0 spiro atoms. The number of amides is 2. The third-order valence-electron chi connectivity index (χ3n) is 3.34. The lowest BCUT2D eigenvalue weighted by molar-refractivity contribution is -0.115. The number of benzene rings is 1. The molecule has 0 aliphatic carbocycles. The van der Waals surface area contributed by atoms with E-state index in [2.05, 4.69) is 15.8 Å². The van der Waals surface area contributed by atoms with Gasteiger partial charge in [0.2, 0.25) is 5.91 Å². The second-order valence-electron chi connectivity index (χ2n) is 5.41. The molecule has 4 atom stereocenters. The Hall–Kier alpha value is -2.33. The molecule has 0 aromatic heterocycles. The van der Waals surface area contributed by atoms with Crippen LogP contribution in [0.4, 0.5) is 5.69 Å². The van der Waals surface area contributed by atoms with Gasteiger partial charge < -0.3 is 25.7 Å². The van der Waals surface area contributed by atoms with E-state index in [1.54, 1.807) is 19.1 Å². The van der Waals surface area contributed by atoms with E-state index in [4.69, 9.17) is 5.11 Å². The molecular weight excluding hydrogens is 330 g/mol. The molecule has 25 heavy (non-hydrogen) atoms. The van der Waals surface area contributed by atoms with Crippen molar-refractivity contribution < 1.29 is 30.0 Å². The quantitative estimate of drug-likeness (QED) is 0.266. The number of nitrogens with one attached hydrogen (secondary N) is 2. The van der Waals surface area contributed by atoms with Gasteiger partial charge in [-0.25, -0.2) is 5.43 Å². The molecule has 1 aromatic carbocycles. The molecule has 0 unspecified atom stereocenters. The molecule has 9 heteroatoms. The minimum Gasteiger partial charge on any atom is -0.391 e. The van der Waals surface area contributed by atoms with Crippen LogP contribution in [-0.4, -0.2) is 62.9 Å². The van der Waals surface area contributed by atoms with Crippen molar-refractivity contribution >= 4 is 23.7 Å². The Bertz CT molecular complexity index is 602. The van der Waals surface area contributed by atoms with Gasteiger partial charge in [-0.3, -0.25) is 9.59 Å². The summed E-state index contributed by atoms with van der Waals surface area (Å²) >= 11 is 0. The first-order valence-electron chi connectivity index (χ1n) is 7.72. The molecule has 0 aliphatic heterocycles. The van der Waals surface area contributed by atoms with Crippen LogP contribution in [0.2, 0.25) is 0 Å². The molecular formula is C16H23N3O6. The normalized spacial score (nSPS) is 16.1. The van der Waals surface area contributed by atoms with E-state index in [0.717, 1.165) is 6.21 Å². The monoisotopic (exact) mass is 353 g/mol. The van der Waals surface area contributed by atoms with Crippen molar-refractivity contribution in [1.82, 2.24) is 5.43 Å². The third-order valence-corrected chi connectivity index (χ3v) is 3.34. The number of hydrogen-bond donors (Lipinski definition) is 6. The lowest BCUT2D eigenvalue weighted by atomic mass is 10.1. The Morgan fingerprint density at radius 1 is 1.12 bits per heavy atom. The highest BCUT2D eigenvalue weighted by Gasteiger charge is 2.27. The smallest absolute Gasteiger partial charge is 0.271 e. The van der Waals surface area contributed by atoms with Crippen LogP contribution in [0.15, 0.2) is 29.4 Å². The van der Waals surface area contributed by atoms with Gasteiger partial charge in [0, 0.05) is 17.7 Å². The van der Waals surface area contributed by atoms with Gasteiger partial charge in [0.15, 0.2) is 0 Å². The first kappa shape index (κ1) is 20.7. The van der Waals surface area contributed by atoms with E-state index in [0.29, 0.717) is 12.1 Å². The zero-order valence-electron chi connectivity index (χ0n) is 14.0. The number of rotatable bonds is 8. The van der Waals surface area contributed by atoms with Crippen molar-refractivity contribution in [2.45, 2.75) is 44.7 Å². The first-order chi connectivity index (χ1) is 11.8. The van der Waals surface area contributed by atoms with Crippen molar-refractivity contribution in [3.8, 4) is 0 Å². The Morgan fingerprint density at radius 2 is 1.72 bits per heavy atom. The Morgan fingerprint density at radius 3 is 2.24 bits per heavy atom. The average Bonchev–Trinajstić information content (AvgIpc) is 2.60. The molecule has 0 fully saturated rings. The molecule has 0 bridgehead atoms. The Balaban J connectivity index is 2.57. The van der Waals surface area contributed by atoms with Crippen LogP contribution in [-0.2, 0) is 4.79 Å². The lowest BCUT2D eigenvalue weighted by Crippen LogP contribution is -2.44. The van der Waals surface area contributed by atoms with Crippen LogP contribution in [0.25, 0.3) is 0 Å². The highest BCUT2D eigenvalue weighted by molar-refractivity contribution is 5.95. The molecule has 0 saturated heterocycles. The number of nitrogens with zero attached hydrogens (tertiary/aromatic N) is 1. The van der Waals surface area contributed by atoms with Crippen molar-refractivity contribution in [3.63, 3.8) is 0 Å². The zero-order valence-corrected chi connectivity index (χ0v) is 14.0. The van der Waals surface area contributed by atoms with Crippen LogP contribution < -0.4 is 10.7 Å². The summed E-state index contributed by atoms with van der Waals surface area (Å²) in [6.07, 6.45) is -4.83. The van der Waals surface area contributed by atoms with Gasteiger partial charge in [-0.2, -0.15) is 5.10 Å². The Kier molecular flexibility index (Phi) is 8.16. The minimum atomic E-state index is -1.65. The van der Waals surface area contributed by atoms with E-state index in [1.165, 1.54) is 19.1 Å². The maximum atomic E-state index is 11.9. The van der Waals surface area contributed by atoms with Gasteiger partial charge in [0.05, 0.1) is 12.3 Å². The summed E-state index contributed by atoms with van der Waals surface area (Å²) in [5, 5.41) is 43.9. The lowest BCUT2D eigenvalue weighted by Gasteiger charge is -2.22. The zero-order chi connectivity index (χ0) is 19.0. The number of aliphatic hydroxyl groups excluding tert-OH is 4. The predicted octanol–water partition coefficient (Wildman–Crippen LogP) is -0.786. The molecule has 1 aromatic rings. The second kappa shape index (κ2) is 9.84. The third kappa shape index (κ3) is 6.59. The predicted molar refractivity (Wildman–Crippen MR) is 91.0 cm³/mol. The molecule has 0 aliphatic rings.